The Hall–Kier alpha value is -3.73. The number of amides is 3. The molecule has 124 valence electrons. The van der Waals surface area contributed by atoms with E-state index >= 15 is 0 Å². The number of hydrogen-bond donors (Lipinski definition) is 3. The molecule has 0 bridgehead atoms. The van der Waals surface area contributed by atoms with E-state index in [0.29, 0.717) is 10.8 Å². The van der Waals surface area contributed by atoms with E-state index in [-0.39, 0.29) is 21.8 Å². The van der Waals surface area contributed by atoms with Gasteiger partial charge in [0.15, 0.2) is 5.78 Å². The van der Waals surface area contributed by atoms with Crippen molar-refractivity contribution in [1.29, 1.82) is 5.26 Å². The third-order valence-electron chi connectivity index (χ3n) is 3.86. The number of aromatic nitrogens is 1. The SMILES string of the molecule is CNC(=O)/C(C#N)=c1\[nH]/c(=C2\C(=O)CC(=O)NC2=O)c2ccccc12. The van der Waals surface area contributed by atoms with E-state index in [1.165, 1.54) is 7.05 Å². The number of nitriles is 1. The first-order valence-corrected chi connectivity index (χ1v) is 7.32. The first-order valence-electron chi connectivity index (χ1n) is 7.32. The van der Waals surface area contributed by atoms with Gasteiger partial charge in [0.05, 0.1) is 17.1 Å². The van der Waals surface area contributed by atoms with Crippen LogP contribution in [0.2, 0.25) is 0 Å². The highest BCUT2D eigenvalue weighted by molar-refractivity contribution is 6.47. The van der Waals surface area contributed by atoms with Gasteiger partial charge in [-0.2, -0.15) is 5.26 Å². The minimum absolute atomic E-state index is 0.176. The highest BCUT2D eigenvalue weighted by atomic mass is 16.2. The van der Waals surface area contributed by atoms with Crippen LogP contribution in [-0.2, 0) is 19.2 Å². The van der Waals surface area contributed by atoms with Crippen molar-refractivity contribution >= 4 is 45.4 Å². The van der Waals surface area contributed by atoms with Crippen LogP contribution in [0.25, 0.3) is 21.9 Å². The van der Waals surface area contributed by atoms with E-state index in [1.54, 1.807) is 24.3 Å². The summed E-state index contributed by atoms with van der Waals surface area (Å²) in [6.45, 7) is 0. The molecule has 1 aliphatic heterocycles. The maximum atomic E-state index is 12.2. The van der Waals surface area contributed by atoms with E-state index in [9.17, 15) is 24.4 Å². The summed E-state index contributed by atoms with van der Waals surface area (Å²) < 4.78 is 0. The molecule has 3 amide bonds. The smallest absolute Gasteiger partial charge is 0.263 e. The molecule has 0 aliphatic carbocycles. The molecular formula is C17H12N4O4. The number of nitrogens with zero attached hydrogens (tertiary/aromatic N) is 1. The molecule has 1 aromatic carbocycles. The van der Waals surface area contributed by atoms with Crippen molar-refractivity contribution in [3.63, 3.8) is 0 Å². The van der Waals surface area contributed by atoms with Crippen LogP contribution in [0.15, 0.2) is 24.3 Å². The van der Waals surface area contributed by atoms with Crippen molar-refractivity contribution in [3.05, 3.63) is 35.0 Å². The van der Waals surface area contributed by atoms with E-state index in [0.717, 1.165) is 0 Å². The number of fused-ring (bicyclic) bond motifs is 1. The number of H-pyrrole nitrogens is 1. The predicted octanol–water partition coefficient (Wildman–Crippen LogP) is -1.65. The fourth-order valence-corrected chi connectivity index (χ4v) is 2.77. The minimum Gasteiger partial charge on any atom is -0.354 e. The zero-order valence-electron chi connectivity index (χ0n) is 13.1. The summed E-state index contributed by atoms with van der Waals surface area (Å²) in [5, 5.41) is 15.2. The first kappa shape index (κ1) is 16.1. The third-order valence-corrected chi connectivity index (χ3v) is 3.86. The van der Waals surface area contributed by atoms with Gasteiger partial charge >= 0.3 is 0 Å². The largest absolute Gasteiger partial charge is 0.354 e. The fraction of sp³-hybridized carbons (Fsp3) is 0.118. The van der Waals surface area contributed by atoms with Gasteiger partial charge in [-0.25, -0.2) is 0 Å². The summed E-state index contributed by atoms with van der Waals surface area (Å²) >= 11 is 0. The molecule has 25 heavy (non-hydrogen) atoms. The van der Waals surface area contributed by atoms with E-state index in [4.69, 9.17) is 0 Å². The number of Topliss-reactive ketones (excluding diaryl/α,β-unsaturated/α-hetero) is 1. The Morgan fingerprint density at radius 1 is 1.20 bits per heavy atom. The van der Waals surface area contributed by atoms with Crippen LogP contribution >= 0.6 is 0 Å². The van der Waals surface area contributed by atoms with Gasteiger partial charge in [0.1, 0.15) is 17.2 Å². The molecule has 0 radical (unpaired) electrons. The topological polar surface area (TPSA) is 132 Å². The Kier molecular flexibility index (Phi) is 3.91. The van der Waals surface area contributed by atoms with Gasteiger partial charge in [0.25, 0.3) is 11.8 Å². The zero-order valence-corrected chi connectivity index (χ0v) is 13.1. The number of rotatable bonds is 1. The highest BCUT2D eigenvalue weighted by Gasteiger charge is 2.30. The summed E-state index contributed by atoms with van der Waals surface area (Å²) in [5.74, 6) is -2.69. The molecule has 1 saturated heterocycles. The first-order chi connectivity index (χ1) is 12.0. The Labute approximate surface area is 140 Å². The van der Waals surface area contributed by atoms with Gasteiger partial charge in [0, 0.05) is 17.8 Å². The predicted molar refractivity (Wildman–Crippen MR) is 86.8 cm³/mol. The minimum atomic E-state index is -0.807. The van der Waals surface area contributed by atoms with Crippen LogP contribution < -0.4 is 21.3 Å². The third kappa shape index (κ3) is 2.57. The molecule has 8 heteroatoms. The van der Waals surface area contributed by atoms with E-state index < -0.39 is 29.9 Å². The standard InChI is InChI=1S/C17H12N4O4/c1-19-16(24)10(7-18)14-8-4-2-3-5-9(8)15(21-14)13-11(22)6-12(23)20-17(13)25/h2-5,21H,6H2,1H3,(H,19,24)(H,20,23,25)/b14-10-,15-13+. The number of piperidine rings is 1. The summed E-state index contributed by atoms with van der Waals surface area (Å²) in [5.41, 5.74) is -0.374. The van der Waals surface area contributed by atoms with Crippen molar-refractivity contribution in [3.8, 4) is 6.07 Å². The van der Waals surface area contributed by atoms with Crippen LogP contribution in [0.4, 0.5) is 0 Å². The van der Waals surface area contributed by atoms with Gasteiger partial charge in [-0.3, -0.25) is 24.5 Å². The Bertz CT molecular complexity index is 1100. The van der Waals surface area contributed by atoms with Gasteiger partial charge in [-0.1, -0.05) is 24.3 Å². The lowest BCUT2D eigenvalue weighted by atomic mass is 10.0. The normalized spacial score (nSPS) is 17.8. The lowest BCUT2D eigenvalue weighted by Crippen LogP contribution is -2.43. The van der Waals surface area contributed by atoms with Crippen LogP contribution in [0.5, 0.6) is 0 Å². The van der Waals surface area contributed by atoms with Crippen molar-refractivity contribution in [2.45, 2.75) is 6.42 Å². The van der Waals surface area contributed by atoms with Gasteiger partial charge in [-0.05, 0) is 0 Å². The maximum Gasteiger partial charge on any atom is 0.263 e. The van der Waals surface area contributed by atoms with Gasteiger partial charge in [0.2, 0.25) is 5.91 Å². The molecule has 3 rings (SSSR count). The Balaban J connectivity index is 2.51. The highest BCUT2D eigenvalue weighted by Crippen LogP contribution is 2.11. The number of benzene rings is 1. The number of aromatic amines is 1. The number of ketones is 1. The molecule has 8 nitrogen and oxygen atoms in total. The summed E-state index contributed by atoms with van der Waals surface area (Å²) in [7, 11) is 1.39. The van der Waals surface area contributed by atoms with Crippen molar-refractivity contribution in [1.82, 2.24) is 15.6 Å². The van der Waals surface area contributed by atoms with Gasteiger partial charge < -0.3 is 10.3 Å². The maximum absolute atomic E-state index is 12.2. The average molecular weight is 336 g/mol. The average Bonchev–Trinajstić information content (AvgIpc) is 2.94. The van der Waals surface area contributed by atoms with Crippen LogP contribution in [0, 0.1) is 11.3 Å². The quantitative estimate of drug-likeness (QED) is 0.424. The molecule has 3 N–H and O–H groups in total. The molecule has 0 unspecified atom stereocenters. The second-order valence-electron chi connectivity index (χ2n) is 5.34. The lowest BCUT2D eigenvalue weighted by Gasteiger charge is -2.11. The van der Waals surface area contributed by atoms with Crippen molar-refractivity contribution < 1.29 is 19.2 Å². The summed E-state index contributed by atoms with van der Waals surface area (Å²) in [6, 6.07) is 8.57. The van der Waals surface area contributed by atoms with Crippen molar-refractivity contribution in [2.75, 3.05) is 7.05 Å². The molecule has 1 aliphatic rings. The number of nitrogens with one attached hydrogen (secondary N) is 3. The van der Waals surface area contributed by atoms with E-state index in [2.05, 4.69) is 15.6 Å². The fourth-order valence-electron chi connectivity index (χ4n) is 2.77. The van der Waals surface area contributed by atoms with Crippen LogP contribution in [0.1, 0.15) is 6.42 Å². The molecule has 2 heterocycles. The Morgan fingerprint density at radius 2 is 1.88 bits per heavy atom. The second kappa shape index (κ2) is 6.05. The van der Waals surface area contributed by atoms with Crippen molar-refractivity contribution in [2.24, 2.45) is 0 Å². The Morgan fingerprint density at radius 3 is 2.48 bits per heavy atom. The number of hydrogen-bond acceptors (Lipinski definition) is 5. The molecule has 2 aromatic rings. The zero-order chi connectivity index (χ0) is 18.1. The number of carbonyl (C=O) groups is 4. The molecule has 1 aromatic heterocycles. The molecule has 0 atom stereocenters. The van der Waals surface area contributed by atoms with Crippen LogP contribution in [0.3, 0.4) is 0 Å². The molecule has 0 spiro atoms. The molecule has 1 fully saturated rings. The molecular weight excluding hydrogens is 324 g/mol. The monoisotopic (exact) mass is 336 g/mol. The number of carbonyl (C=O) groups excluding carboxylic acids is 4. The molecule has 0 saturated carbocycles. The summed E-state index contributed by atoms with van der Waals surface area (Å²) in [4.78, 5) is 50.5. The van der Waals surface area contributed by atoms with Crippen LogP contribution in [-0.4, -0.2) is 35.5 Å². The van der Waals surface area contributed by atoms with Gasteiger partial charge in [-0.15, -0.1) is 0 Å². The summed E-state index contributed by atoms with van der Waals surface area (Å²) in [6.07, 6.45) is -0.436. The second-order valence-corrected chi connectivity index (χ2v) is 5.34. The number of imide groups is 1. The van der Waals surface area contributed by atoms with E-state index in [1.807, 2.05) is 6.07 Å². The lowest BCUT2D eigenvalue weighted by molar-refractivity contribution is -0.133.